The summed E-state index contributed by atoms with van der Waals surface area (Å²) in [6, 6.07) is 0. The Kier molecular flexibility index (Phi) is 20.7. The fourth-order valence-corrected chi connectivity index (χ4v) is 16.6. The van der Waals surface area contributed by atoms with Crippen LogP contribution in [0.25, 0.3) is 0 Å². The minimum atomic E-state index is -1.93. The molecule has 4 aliphatic heterocycles. The molecule has 0 bridgehead atoms. The number of esters is 2. The molecule has 25 heteroatoms. The van der Waals surface area contributed by atoms with Crippen LogP contribution in [0, 0.1) is 45.3 Å². The molecule has 83 heavy (non-hydrogen) atoms. The largest absolute Gasteiger partial charge is 0.469 e. The zero-order valence-corrected chi connectivity index (χ0v) is 49.5. The highest BCUT2D eigenvalue weighted by Gasteiger charge is 2.72. The van der Waals surface area contributed by atoms with Crippen LogP contribution in [0.1, 0.15) is 127 Å². The highest BCUT2D eigenvalue weighted by molar-refractivity contribution is 5.91. The van der Waals surface area contributed by atoms with Crippen molar-refractivity contribution in [3.8, 4) is 0 Å². The van der Waals surface area contributed by atoms with E-state index in [2.05, 4.69) is 45.4 Å². The quantitative estimate of drug-likeness (QED) is 0.0337. The van der Waals surface area contributed by atoms with Crippen LogP contribution in [-0.4, -0.2) is 246 Å². The van der Waals surface area contributed by atoms with Crippen LogP contribution in [0.4, 0.5) is 0 Å². The van der Waals surface area contributed by atoms with Crippen molar-refractivity contribution < 1.29 is 123 Å². The molecule has 30 atom stereocenters. The van der Waals surface area contributed by atoms with Crippen LogP contribution in [-0.2, 0) is 57.0 Å². The van der Waals surface area contributed by atoms with Gasteiger partial charge in [-0.3, -0.25) is 9.59 Å². The van der Waals surface area contributed by atoms with Crippen LogP contribution >= 0.6 is 0 Å². The number of hydrogen-bond acceptors (Lipinski definition) is 25. The Balaban J connectivity index is 0.994. The molecular formula is C58H96O25. The molecule has 478 valence electrons. The lowest BCUT2D eigenvalue weighted by atomic mass is 9.35. The molecule has 0 aromatic carbocycles. The maximum atomic E-state index is 12.9. The zero-order chi connectivity index (χ0) is 61.2. The molecule has 0 spiro atoms. The SMILES string of the molecule is COC(=O)CC(=O)OC[C@H]1O[C@@H](O[C@H]2[C@H](O[C@H]3CC[C@]4(C)[C@H]5C[C@@H](O)[C@@H]6[C@@H]([C@](C)(CCC=C(C)C)O[C@@H]7O[C@H](CO[C@@H]8O[C@@H](C)[C@H](O)[C@@H](O)[C@H]8O)[C@@H](O)[C@H](O)[C@H]7O)CC[C@@]6(C)[C@]5(C)CC[C@H]4C3(C)C)O[C@H](CO)[C@@H](O)[C@@H]2O)[C@H](O)[C@@H](O)[C@@H]1O. The van der Waals surface area contributed by atoms with Gasteiger partial charge in [-0.2, -0.15) is 0 Å². The minimum absolute atomic E-state index is 0.000542. The second-order valence-corrected chi connectivity index (χ2v) is 27.0. The molecule has 8 aliphatic rings. The molecule has 4 heterocycles. The number of fused-ring (bicyclic) bond motifs is 5. The first-order valence-electron chi connectivity index (χ1n) is 29.7. The average molecular weight is 1190 g/mol. The van der Waals surface area contributed by atoms with Crippen LogP contribution in [0.15, 0.2) is 11.6 Å². The third-order valence-corrected chi connectivity index (χ3v) is 21.6. The van der Waals surface area contributed by atoms with E-state index >= 15 is 0 Å². The van der Waals surface area contributed by atoms with Crippen molar-refractivity contribution >= 4 is 11.9 Å². The van der Waals surface area contributed by atoms with Crippen LogP contribution in [0.2, 0.25) is 0 Å². The Bertz CT molecular complexity index is 2240. The molecule has 4 saturated heterocycles. The maximum Gasteiger partial charge on any atom is 0.317 e. The normalized spacial score (nSPS) is 49.5. The first-order chi connectivity index (χ1) is 38.8. The van der Waals surface area contributed by atoms with E-state index in [1.165, 1.54) is 6.92 Å². The lowest BCUT2D eigenvalue weighted by Gasteiger charge is -2.71. The summed E-state index contributed by atoms with van der Waals surface area (Å²) in [6.45, 7) is 16.8. The molecule has 13 N–H and O–H groups in total. The predicted molar refractivity (Wildman–Crippen MR) is 285 cm³/mol. The van der Waals surface area contributed by atoms with Gasteiger partial charge in [-0.15, -0.1) is 0 Å². The van der Waals surface area contributed by atoms with Gasteiger partial charge in [0.1, 0.15) is 105 Å². The van der Waals surface area contributed by atoms with Crippen molar-refractivity contribution in [2.24, 2.45) is 45.3 Å². The van der Waals surface area contributed by atoms with E-state index in [0.29, 0.717) is 38.5 Å². The molecule has 4 saturated carbocycles. The van der Waals surface area contributed by atoms with Crippen LogP contribution in [0.3, 0.4) is 0 Å². The highest BCUT2D eigenvalue weighted by Crippen LogP contribution is 2.76. The van der Waals surface area contributed by atoms with E-state index in [9.17, 15) is 76.0 Å². The van der Waals surface area contributed by atoms with Gasteiger partial charge in [-0.1, -0.05) is 46.3 Å². The lowest BCUT2D eigenvalue weighted by Crippen LogP contribution is -2.68. The third-order valence-electron chi connectivity index (χ3n) is 21.6. The van der Waals surface area contributed by atoms with Gasteiger partial charge in [0.05, 0.1) is 44.2 Å². The third kappa shape index (κ3) is 12.5. The van der Waals surface area contributed by atoms with Crippen LogP contribution in [0.5, 0.6) is 0 Å². The Hall–Kier alpha value is -2.16. The van der Waals surface area contributed by atoms with Crippen molar-refractivity contribution in [2.45, 2.75) is 267 Å². The summed E-state index contributed by atoms with van der Waals surface area (Å²) in [5.41, 5.74) is -1.70. The van der Waals surface area contributed by atoms with Crippen molar-refractivity contribution in [1.82, 2.24) is 0 Å². The topological polar surface area (TPSA) is 389 Å². The van der Waals surface area contributed by atoms with E-state index in [4.69, 9.17) is 42.6 Å². The number of carbonyl (C=O) groups is 2. The molecule has 4 aliphatic carbocycles. The molecule has 8 rings (SSSR count). The molecule has 0 aromatic heterocycles. The molecule has 0 amide bonds. The maximum absolute atomic E-state index is 12.9. The van der Waals surface area contributed by atoms with E-state index < -0.39 is 190 Å². The van der Waals surface area contributed by atoms with E-state index in [1.54, 1.807) is 0 Å². The number of allylic oxidation sites excluding steroid dienone is 2. The molecule has 25 nitrogen and oxygen atoms in total. The Labute approximate surface area is 485 Å². The average Bonchev–Trinajstić information content (AvgIpc) is 1.74. The number of methoxy groups -OCH3 is 1. The first-order valence-corrected chi connectivity index (χ1v) is 29.7. The lowest BCUT2D eigenvalue weighted by molar-refractivity contribution is -0.378. The molecule has 0 radical (unpaired) electrons. The molecular weight excluding hydrogens is 1100 g/mol. The summed E-state index contributed by atoms with van der Waals surface area (Å²) in [5, 5.41) is 144. The summed E-state index contributed by atoms with van der Waals surface area (Å²) in [7, 11) is 1.08. The van der Waals surface area contributed by atoms with E-state index in [-0.39, 0.29) is 34.5 Å². The van der Waals surface area contributed by atoms with Gasteiger partial charge < -0.3 is 114 Å². The number of carbonyl (C=O) groups excluding carboxylic acids is 2. The Morgan fingerprint density at radius 2 is 1.19 bits per heavy atom. The Morgan fingerprint density at radius 3 is 1.83 bits per heavy atom. The zero-order valence-electron chi connectivity index (χ0n) is 49.5. The van der Waals surface area contributed by atoms with Crippen molar-refractivity contribution in [1.29, 1.82) is 0 Å². The minimum Gasteiger partial charge on any atom is -0.469 e. The van der Waals surface area contributed by atoms with Gasteiger partial charge in [-0.25, -0.2) is 0 Å². The van der Waals surface area contributed by atoms with E-state index in [0.717, 1.165) is 31.9 Å². The number of hydrogen-bond donors (Lipinski definition) is 13. The number of aliphatic hydroxyl groups is 13. The monoisotopic (exact) mass is 1190 g/mol. The molecule has 8 fully saturated rings. The number of aliphatic hydroxyl groups excluding tert-OH is 13. The summed E-state index contributed by atoms with van der Waals surface area (Å²) in [5.74, 6) is -2.44. The smallest absolute Gasteiger partial charge is 0.317 e. The second kappa shape index (κ2) is 25.7. The van der Waals surface area contributed by atoms with Gasteiger partial charge in [0.2, 0.25) is 0 Å². The van der Waals surface area contributed by atoms with Gasteiger partial charge in [0.15, 0.2) is 25.2 Å². The standard InChI is InChI=1S/C58H96O25/c1-25(2)12-11-16-58(9,83-52-48(73)44(69)41(66)31(80-52)24-76-50-46(71)42(67)38(63)26(3)77-50)27-13-18-57(8)37(27)28(60)20-33-55(6)17-15-34(54(4,5)32(55)14-19-56(33,57)7)81-53-49(45(70)39(64)29(22-59)78-53)82-51-47(72)43(68)40(65)30(79-51)23-75-36(62)21-35(61)74-10/h12,26-34,37-53,59-60,63-73H,11,13-24H2,1-10H3/t26-,27-,28+,29+,30+,31+,32-,33+,34-,37-,38-,39+,40+,41+,42+,43-,44-,45-,46+,47+,48+,49+,50+,51-,52-,53-,55-,56+,57+,58-/m0/s1. The fraction of sp³-hybridized carbons (Fsp3) is 0.931. The van der Waals surface area contributed by atoms with E-state index in [1.807, 2.05) is 20.8 Å². The van der Waals surface area contributed by atoms with Crippen molar-refractivity contribution in [3.05, 3.63) is 11.6 Å². The number of ether oxygens (including phenoxy) is 10. The fourth-order valence-electron chi connectivity index (χ4n) is 16.6. The van der Waals surface area contributed by atoms with Gasteiger partial charge in [0.25, 0.3) is 0 Å². The second-order valence-electron chi connectivity index (χ2n) is 27.0. The first kappa shape index (κ1) is 66.8. The molecule has 0 unspecified atom stereocenters. The summed E-state index contributed by atoms with van der Waals surface area (Å²) < 4.78 is 59.0. The van der Waals surface area contributed by atoms with Gasteiger partial charge in [-0.05, 0) is 131 Å². The van der Waals surface area contributed by atoms with Crippen LogP contribution < -0.4 is 0 Å². The molecule has 0 aromatic rings. The highest BCUT2D eigenvalue weighted by atomic mass is 16.8. The summed E-state index contributed by atoms with van der Waals surface area (Å²) in [6.07, 6.45) is -26.0. The predicted octanol–water partition coefficient (Wildman–Crippen LogP) is -1.06. The van der Waals surface area contributed by atoms with Gasteiger partial charge in [0, 0.05) is 0 Å². The number of rotatable bonds is 18. The Morgan fingerprint density at radius 1 is 0.614 bits per heavy atom. The van der Waals surface area contributed by atoms with Crippen molar-refractivity contribution in [2.75, 3.05) is 26.9 Å². The van der Waals surface area contributed by atoms with Crippen molar-refractivity contribution in [3.63, 3.8) is 0 Å². The summed E-state index contributed by atoms with van der Waals surface area (Å²) in [4.78, 5) is 23.9. The van der Waals surface area contributed by atoms with Gasteiger partial charge >= 0.3 is 11.9 Å². The summed E-state index contributed by atoms with van der Waals surface area (Å²) >= 11 is 0.